The Hall–Kier alpha value is -5.02. The highest BCUT2D eigenvalue weighted by Gasteiger charge is 2.33. The number of ketones is 1. The maximum Gasteiger partial charge on any atom is 0.271 e. The van der Waals surface area contributed by atoms with Gasteiger partial charge in [0.15, 0.2) is 22.1 Å². The SMILES string of the molecule is COc1cc(/C=c2\sc3n(c2=O)[C@H](c2c(OC)ccc4ccccc24)C(C(C)=O)=C(C)N=3)ccc1OCc1ccc(F)cc1. The van der Waals surface area contributed by atoms with E-state index >= 15 is 0 Å². The lowest BCUT2D eigenvalue weighted by Crippen LogP contribution is -2.39. The van der Waals surface area contributed by atoms with Crippen molar-refractivity contribution in [3.63, 3.8) is 0 Å². The summed E-state index contributed by atoms with van der Waals surface area (Å²) in [5.74, 6) is 1.11. The second-order valence-corrected chi connectivity index (χ2v) is 11.4. The number of methoxy groups -OCH3 is 2. The number of fused-ring (bicyclic) bond motifs is 2. The summed E-state index contributed by atoms with van der Waals surface area (Å²) < 4.78 is 32.6. The lowest BCUT2D eigenvalue weighted by atomic mass is 9.89. The largest absolute Gasteiger partial charge is 0.496 e. The fourth-order valence-corrected chi connectivity index (χ4v) is 6.61. The number of Topliss-reactive ketones (excluding diaryl/α,β-unsaturated/α-hetero) is 1. The predicted molar refractivity (Wildman–Crippen MR) is 169 cm³/mol. The topological polar surface area (TPSA) is 79.1 Å². The van der Waals surface area contributed by atoms with Gasteiger partial charge in [0.05, 0.1) is 24.8 Å². The van der Waals surface area contributed by atoms with Crippen LogP contribution in [0.1, 0.15) is 36.6 Å². The van der Waals surface area contributed by atoms with E-state index in [1.807, 2.05) is 42.5 Å². The second-order valence-electron chi connectivity index (χ2n) is 10.4. The molecular weight excluding hydrogens is 579 g/mol. The van der Waals surface area contributed by atoms with Crippen LogP contribution in [-0.4, -0.2) is 24.6 Å². The van der Waals surface area contributed by atoms with Crippen LogP contribution < -0.4 is 29.1 Å². The minimum absolute atomic E-state index is 0.165. The predicted octanol–water partition coefficient (Wildman–Crippen LogP) is 5.71. The average molecular weight is 609 g/mol. The maximum atomic E-state index is 14.1. The Morgan fingerprint density at radius 1 is 0.977 bits per heavy atom. The minimum Gasteiger partial charge on any atom is -0.496 e. The molecule has 0 spiro atoms. The zero-order chi connectivity index (χ0) is 31.0. The van der Waals surface area contributed by atoms with E-state index in [0.717, 1.165) is 27.5 Å². The lowest BCUT2D eigenvalue weighted by Gasteiger charge is -2.27. The van der Waals surface area contributed by atoms with Crippen molar-refractivity contribution >= 4 is 34.0 Å². The Morgan fingerprint density at radius 3 is 2.43 bits per heavy atom. The molecule has 6 rings (SSSR count). The molecule has 5 aromatic rings. The van der Waals surface area contributed by atoms with Crippen molar-refractivity contribution in [1.82, 2.24) is 4.57 Å². The summed E-state index contributed by atoms with van der Waals surface area (Å²) in [7, 11) is 3.13. The van der Waals surface area contributed by atoms with Crippen LogP contribution in [0.25, 0.3) is 16.8 Å². The first-order valence-electron chi connectivity index (χ1n) is 13.9. The zero-order valence-corrected chi connectivity index (χ0v) is 25.4. The number of carbonyl (C=O) groups excluding carboxylic acids is 1. The fraction of sp³-hybridized carbons (Fsp3) is 0.171. The summed E-state index contributed by atoms with van der Waals surface area (Å²) in [6, 6.07) is 22.4. The van der Waals surface area contributed by atoms with Gasteiger partial charge in [-0.3, -0.25) is 14.2 Å². The van der Waals surface area contributed by atoms with Crippen molar-refractivity contribution < 1.29 is 23.4 Å². The molecule has 1 atom stereocenters. The highest BCUT2D eigenvalue weighted by atomic mass is 32.1. The van der Waals surface area contributed by atoms with Crippen LogP contribution in [0.4, 0.5) is 4.39 Å². The van der Waals surface area contributed by atoms with Gasteiger partial charge in [0, 0.05) is 16.8 Å². The van der Waals surface area contributed by atoms with Gasteiger partial charge in [-0.1, -0.05) is 59.9 Å². The van der Waals surface area contributed by atoms with E-state index in [0.29, 0.717) is 37.9 Å². The maximum absolute atomic E-state index is 14.1. The van der Waals surface area contributed by atoms with E-state index in [4.69, 9.17) is 19.2 Å². The first kappa shape index (κ1) is 29.1. The molecule has 0 saturated carbocycles. The third-order valence-corrected chi connectivity index (χ3v) is 8.60. The molecule has 4 aromatic carbocycles. The van der Waals surface area contributed by atoms with Crippen LogP contribution in [0.5, 0.6) is 17.2 Å². The number of hydrogen-bond donors (Lipinski definition) is 0. The Balaban J connectivity index is 1.46. The van der Waals surface area contributed by atoms with Crippen molar-refractivity contribution in [3.8, 4) is 17.2 Å². The molecule has 0 unspecified atom stereocenters. The molecule has 9 heteroatoms. The third kappa shape index (κ3) is 5.31. The molecule has 0 amide bonds. The lowest BCUT2D eigenvalue weighted by molar-refractivity contribution is -0.114. The quantitative estimate of drug-likeness (QED) is 0.226. The number of nitrogens with zero attached hydrogens (tertiary/aromatic N) is 2. The van der Waals surface area contributed by atoms with Gasteiger partial charge in [-0.05, 0) is 72.2 Å². The Labute approximate surface area is 256 Å². The van der Waals surface area contributed by atoms with Gasteiger partial charge in [-0.25, -0.2) is 9.38 Å². The average Bonchev–Trinajstić information content (AvgIpc) is 3.33. The van der Waals surface area contributed by atoms with Gasteiger partial charge in [0.1, 0.15) is 18.2 Å². The minimum atomic E-state index is -0.719. The number of rotatable bonds is 8. The van der Waals surface area contributed by atoms with E-state index in [2.05, 4.69) is 0 Å². The summed E-state index contributed by atoms with van der Waals surface area (Å²) in [5, 5.41) is 1.86. The number of aromatic nitrogens is 1. The van der Waals surface area contributed by atoms with Crippen LogP contribution >= 0.6 is 11.3 Å². The highest BCUT2D eigenvalue weighted by Crippen LogP contribution is 2.40. The standard InChI is InChI=1S/C35H29FN2O5S/c1-20-31(21(2)39)33(32-26-8-6-5-7-24(26)12-16-28(32)41-3)38-34(40)30(44-35(38)37-20)18-23-11-15-27(29(17-23)42-4)43-19-22-9-13-25(36)14-10-22/h5-18,33H,19H2,1-4H3/b30-18-/t33-/m0/s1. The van der Waals surface area contributed by atoms with E-state index in [-0.39, 0.29) is 23.8 Å². The molecule has 1 aliphatic heterocycles. The number of thiazole rings is 1. The number of halogens is 1. The van der Waals surface area contributed by atoms with Crippen LogP contribution in [0, 0.1) is 5.82 Å². The monoisotopic (exact) mass is 608 g/mol. The summed E-state index contributed by atoms with van der Waals surface area (Å²) in [4.78, 5) is 32.4. The number of benzene rings is 4. The fourth-order valence-electron chi connectivity index (χ4n) is 5.57. The van der Waals surface area contributed by atoms with Gasteiger partial charge in [0.25, 0.3) is 5.56 Å². The van der Waals surface area contributed by atoms with Gasteiger partial charge in [0.2, 0.25) is 0 Å². The van der Waals surface area contributed by atoms with E-state index in [1.165, 1.54) is 30.4 Å². The first-order chi connectivity index (χ1) is 21.3. The molecule has 0 radical (unpaired) electrons. The van der Waals surface area contributed by atoms with Crippen LogP contribution in [0.3, 0.4) is 0 Å². The van der Waals surface area contributed by atoms with Crippen molar-refractivity contribution in [2.75, 3.05) is 14.2 Å². The van der Waals surface area contributed by atoms with E-state index in [1.54, 1.807) is 56.1 Å². The molecule has 1 aromatic heterocycles. The summed E-state index contributed by atoms with van der Waals surface area (Å²) in [5.41, 5.74) is 3.02. The molecule has 2 heterocycles. The summed E-state index contributed by atoms with van der Waals surface area (Å²) in [6.07, 6.45) is 1.78. The Morgan fingerprint density at radius 2 is 1.70 bits per heavy atom. The summed E-state index contributed by atoms with van der Waals surface area (Å²) >= 11 is 1.26. The zero-order valence-electron chi connectivity index (χ0n) is 24.6. The van der Waals surface area contributed by atoms with Gasteiger partial charge < -0.3 is 14.2 Å². The van der Waals surface area contributed by atoms with Crippen molar-refractivity contribution in [2.24, 2.45) is 4.99 Å². The first-order valence-corrected chi connectivity index (χ1v) is 14.7. The van der Waals surface area contributed by atoms with Gasteiger partial charge in [-0.2, -0.15) is 0 Å². The number of hydrogen-bond acceptors (Lipinski definition) is 7. The second kappa shape index (κ2) is 11.9. The molecule has 44 heavy (non-hydrogen) atoms. The summed E-state index contributed by atoms with van der Waals surface area (Å²) in [6.45, 7) is 3.54. The van der Waals surface area contributed by atoms with Crippen LogP contribution in [0.2, 0.25) is 0 Å². The molecule has 1 aliphatic rings. The number of ether oxygens (including phenoxy) is 3. The molecule has 0 aliphatic carbocycles. The molecule has 222 valence electrons. The normalized spacial score (nSPS) is 14.8. The molecule has 7 nitrogen and oxygen atoms in total. The van der Waals surface area contributed by atoms with Gasteiger partial charge in [-0.15, -0.1) is 0 Å². The number of allylic oxidation sites excluding steroid dienone is 2. The molecule has 0 saturated heterocycles. The smallest absolute Gasteiger partial charge is 0.271 e. The molecule has 0 N–H and O–H groups in total. The van der Waals surface area contributed by atoms with Crippen molar-refractivity contribution in [1.29, 1.82) is 0 Å². The molecule has 0 fully saturated rings. The highest BCUT2D eigenvalue weighted by molar-refractivity contribution is 7.07. The van der Waals surface area contributed by atoms with E-state index < -0.39 is 6.04 Å². The van der Waals surface area contributed by atoms with Crippen molar-refractivity contribution in [2.45, 2.75) is 26.5 Å². The molecule has 0 bridgehead atoms. The number of carbonyl (C=O) groups is 1. The van der Waals surface area contributed by atoms with E-state index in [9.17, 15) is 14.0 Å². The molecular formula is C35H29FN2O5S. The van der Waals surface area contributed by atoms with Gasteiger partial charge >= 0.3 is 0 Å². The van der Waals surface area contributed by atoms with Crippen molar-refractivity contribution in [3.05, 3.63) is 132 Å². The van der Waals surface area contributed by atoms with Crippen LogP contribution in [-0.2, 0) is 11.4 Å². The Kier molecular flexibility index (Phi) is 7.88. The van der Waals surface area contributed by atoms with Crippen LogP contribution in [0.15, 0.2) is 99.9 Å². The Bertz CT molecular complexity index is 2130. The third-order valence-electron chi connectivity index (χ3n) is 7.62.